The summed E-state index contributed by atoms with van der Waals surface area (Å²) in [4.78, 5) is 4.99. The van der Waals surface area contributed by atoms with Gasteiger partial charge in [-0.25, -0.2) is 0 Å². The van der Waals surface area contributed by atoms with Crippen LogP contribution in [-0.4, -0.2) is 49.6 Å². The second-order valence-electron chi connectivity index (χ2n) is 4.15. The summed E-state index contributed by atoms with van der Waals surface area (Å²) < 4.78 is 0. The molecule has 2 unspecified atom stereocenters. The molecule has 0 bridgehead atoms. The van der Waals surface area contributed by atoms with Gasteiger partial charge < -0.3 is 9.80 Å². The Labute approximate surface area is 82.9 Å². The fourth-order valence-corrected chi connectivity index (χ4v) is 2.51. The molecule has 13 heavy (non-hydrogen) atoms. The van der Waals surface area contributed by atoms with Gasteiger partial charge in [0.1, 0.15) is 0 Å². The van der Waals surface area contributed by atoms with Gasteiger partial charge in [0.2, 0.25) is 0 Å². The monoisotopic (exact) mass is 184 g/mol. The molecular formula is C11H24N2. The van der Waals surface area contributed by atoms with Gasteiger partial charge in [0.15, 0.2) is 0 Å². The maximum Gasteiger partial charge on any atom is 0.0249 e. The van der Waals surface area contributed by atoms with Crippen LogP contribution in [0.2, 0.25) is 0 Å². The Morgan fingerprint density at radius 2 is 1.62 bits per heavy atom. The third kappa shape index (κ3) is 2.44. The molecule has 0 amide bonds. The Morgan fingerprint density at radius 3 is 2.31 bits per heavy atom. The minimum atomic E-state index is 0.869. The van der Waals surface area contributed by atoms with Crippen LogP contribution in [-0.2, 0) is 0 Å². The van der Waals surface area contributed by atoms with Crippen molar-refractivity contribution in [2.24, 2.45) is 5.92 Å². The first-order valence-corrected chi connectivity index (χ1v) is 5.66. The molecule has 2 rings (SSSR count). The summed E-state index contributed by atoms with van der Waals surface area (Å²) in [7, 11) is 4.51. The zero-order valence-electron chi connectivity index (χ0n) is 9.58. The zero-order chi connectivity index (χ0) is 9.84. The number of hydrogen-bond acceptors (Lipinski definition) is 2. The lowest BCUT2D eigenvalue weighted by Crippen LogP contribution is -2.45. The maximum atomic E-state index is 2.53. The van der Waals surface area contributed by atoms with Gasteiger partial charge in [-0.15, -0.1) is 0 Å². The van der Waals surface area contributed by atoms with Gasteiger partial charge in [-0.3, -0.25) is 0 Å². The first-order valence-electron chi connectivity index (χ1n) is 5.66. The summed E-state index contributed by atoms with van der Waals surface area (Å²) in [5.74, 6) is 1.01. The van der Waals surface area contributed by atoms with Gasteiger partial charge >= 0.3 is 0 Å². The van der Waals surface area contributed by atoms with Crippen LogP contribution in [0.25, 0.3) is 0 Å². The van der Waals surface area contributed by atoms with Gasteiger partial charge in [0.05, 0.1) is 0 Å². The highest BCUT2D eigenvalue weighted by Gasteiger charge is 2.34. The molecule has 2 saturated heterocycles. The minimum absolute atomic E-state index is 0.869. The average molecular weight is 184 g/mol. The van der Waals surface area contributed by atoms with E-state index in [0.717, 1.165) is 12.0 Å². The molecule has 0 spiro atoms. The Balaban J connectivity index is 0.000000396. The molecule has 2 aliphatic rings. The molecule has 2 aliphatic heterocycles. The van der Waals surface area contributed by atoms with Gasteiger partial charge in [-0.2, -0.15) is 0 Å². The summed E-state index contributed by atoms with van der Waals surface area (Å²) in [6, 6.07) is 0.869. The van der Waals surface area contributed by atoms with E-state index in [4.69, 9.17) is 0 Å². The van der Waals surface area contributed by atoms with E-state index in [-0.39, 0.29) is 0 Å². The van der Waals surface area contributed by atoms with E-state index in [0.29, 0.717) is 0 Å². The van der Waals surface area contributed by atoms with Gasteiger partial charge in [-0.1, -0.05) is 13.8 Å². The van der Waals surface area contributed by atoms with Crippen molar-refractivity contribution in [3.8, 4) is 0 Å². The van der Waals surface area contributed by atoms with Crippen molar-refractivity contribution in [1.82, 2.24) is 9.80 Å². The third-order valence-corrected chi connectivity index (χ3v) is 3.34. The number of hydrogen-bond donors (Lipinski definition) is 0. The van der Waals surface area contributed by atoms with Crippen LogP contribution in [0.5, 0.6) is 0 Å². The fourth-order valence-electron chi connectivity index (χ4n) is 2.51. The van der Waals surface area contributed by atoms with Gasteiger partial charge in [-0.05, 0) is 45.9 Å². The quantitative estimate of drug-likeness (QED) is 0.565. The van der Waals surface area contributed by atoms with Crippen molar-refractivity contribution in [3.63, 3.8) is 0 Å². The Morgan fingerprint density at radius 1 is 1.00 bits per heavy atom. The Kier molecular flexibility index (Phi) is 4.20. The predicted molar refractivity (Wildman–Crippen MR) is 58.0 cm³/mol. The molecule has 0 aromatic rings. The molecule has 0 aliphatic carbocycles. The molecule has 2 fully saturated rings. The highest BCUT2D eigenvalue weighted by Crippen LogP contribution is 2.29. The molecule has 2 nitrogen and oxygen atoms in total. The molecule has 0 N–H and O–H groups in total. The van der Waals surface area contributed by atoms with Crippen molar-refractivity contribution < 1.29 is 0 Å². The molecule has 0 saturated carbocycles. The number of nitrogens with zero attached hydrogens (tertiary/aromatic N) is 2. The van der Waals surface area contributed by atoms with Crippen LogP contribution in [0, 0.1) is 5.92 Å². The summed E-state index contributed by atoms with van der Waals surface area (Å²) in [5, 5.41) is 0. The predicted octanol–water partition coefficient (Wildman–Crippen LogP) is 1.67. The lowest BCUT2D eigenvalue weighted by atomic mass is 9.93. The number of likely N-dealkylation sites (N-methyl/N-ethyl adjacent to an activating group) is 2. The number of fused-ring (bicyclic) bond motifs is 1. The summed E-state index contributed by atoms with van der Waals surface area (Å²) >= 11 is 0. The van der Waals surface area contributed by atoms with Crippen LogP contribution < -0.4 is 0 Å². The summed E-state index contributed by atoms with van der Waals surface area (Å²) in [6.45, 7) is 7.93. The smallest absolute Gasteiger partial charge is 0.0249 e. The van der Waals surface area contributed by atoms with E-state index in [1.165, 1.54) is 32.5 Å². The van der Waals surface area contributed by atoms with Crippen LogP contribution in [0.3, 0.4) is 0 Å². The minimum Gasteiger partial charge on any atom is -0.305 e. The van der Waals surface area contributed by atoms with Crippen LogP contribution >= 0.6 is 0 Å². The first-order chi connectivity index (χ1) is 6.27. The van der Waals surface area contributed by atoms with Crippen LogP contribution in [0.1, 0.15) is 26.7 Å². The third-order valence-electron chi connectivity index (χ3n) is 3.34. The second-order valence-corrected chi connectivity index (χ2v) is 4.15. The van der Waals surface area contributed by atoms with E-state index < -0.39 is 0 Å². The highest BCUT2D eigenvalue weighted by atomic mass is 15.2. The van der Waals surface area contributed by atoms with Crippen molar-refractivity contribution in [1.29, 1.82) is 0 Å². The molecular weight excluding hydrogens is 160 g/mol. The standard InChI is InChI=1S/C9H18N2.C2H6/c1-10-5-3-8-4-6-11(2)9(8)7-10;1-2/h8-9H,3-7H2,1-2H3;1-2H3. The number of rotatable bonds is 0. The van der Waals surface area contributed by atoms with E-state index in [2.05, 4.69) is 23.9 Å². The number of likely N-dealkylation sites (tertiary alicyclic amines) is 2. The summed E-state index contributed by atoms with van der Waals surface area (Å²) in [6.07, 6.45) is 2.86. The topological polar surface area (TPSA) is 6.48 Å². The number of piperidine rings is 1. The second kappa shape index (κ2) is 4.97. The SMILES string of the molecule is CC.CN1CCC2CCN(C)C2C1. The summed E-state index contributed by atoms with van der Waals surface area (Å²) in [5.41, 5.74) is 0. The first kappa shape index (κ1) is 11.0. The largest absolute Gasteiger partial charge is 0.305 e. The van der Waals surface area contributed by atoms with Crippen LogP contribution in [0.15, 0.2) is 0 Å². The fraction of sp³-hybridized carbons (Fsp3) is 1.00. The highest BCUT2D eigenvalue weighted by molar-refractivity contribution is 4.90. The van der Waals surface area contributed by atoms with E-state index in [9.17, 15) is 0 Å². The van der Waals surface area contributed by atoms with Crippen LogP contribution in [0.4, 0.5) is 0 Å². The van der Waals surface area contributed by atoms with Crippen molar-refractivity contribution in [3.05, 3.63) is 0 Å². The molecule has 2 heteroatoms. The van der Waals surface area contributed by atoms with E-state index >= 15 is 0 Å². The Hall–Kier alpha value is -0.0800. The molecule has 78 valence electrons. The maximum absolute atomic E-state index is 2.53. The molecule has 0 aromatic carbocycles. The lowest BCUT2D eigenvalue weighted by Gasteiger charge is -2.35. The normalized spacial score (nSPS) is 35.1. The zero-order valence-corrected chi connectivity index (χ0v) is 9.58. The van der Waals surface area contributed by atoms with Crippen molar-refractivity contribution in [2.45, 2.75) is 32.7 Å². The average Bonchev–Trinajstić information content (AvgIpc) is 2.52. The van der Waals surface area contributed by atoms with Crippen molar-refractivity contribution in [2.75, 3.05) is 33.7 Å². The molecule has 2 atom stereocenters. The van der Waals surface area contributed by atoms with Gasteiger partial charge in [0, 0.05) is 12.6 Å². The molecule has 2 heterocycles. The van der Waals surface area contributed by atoms with E-state index in [1.807, 2.05) is 13.8 Å². The molecule has 0 aromatic heterocycles. The lowest BCUT2D eigenvalue weighted by molar-refractivity contribution is 0.140. The van der Waals surface area contributed by atoms with Gasteiger partial charge in [0.25, 0.3) is 0 Å². The van der Waals surface area contributed by atoms with E-state index in [1.54, 1.807) is 0 Å². The Bertz CT molecular complexity index is 147. The van der Waals surface area contributed by atoms with Crippen molar-refractivity contribution >= 4 is 0 Å². The molecule has 0 radical (unpaired) electrons.